The Morgan fingerprint density at radius 1 is 1.23 bits per heavy atom. The van der Waals surface area contributed by atoms with Gasteiger partial charge in [-0.25, -0.2) is 4.79 Å². The van der Waals surface area contributed by atoms with Crippen molar-refractivity contribution in [2.75, 3.05) is 33.9 Å². The summed E-state index contributed by atoms with van der Waals surface area (Å²) in [7, 11) is 3.27. The molecule has 1 aromatic rings. The third-order valence-corrected chi connectivity index (χ3v) is 6.93. The molecule has 1 heterocycles. The van der Waals surface area contributed by atoms with Gasteiger partial charge >= 0.3 is 6.09 Å². The number of methoxy groups -OCH3 is 1. The van der Waals surface area contributed by atoms with Crippen molar-refractivity contribution in [1.82, 2.24) is 15.1 Å². The second-order valence-electron chi connectivity index (χ2n) is 11.0. The summed E-state index contributed by atoms with van der Waals surface area (Å²) in [5.41, 5.74) is 0.152. The van der Waals surface area contributed by atoms with E-state index in [4.69, 9.17) is 16.3 Å². The van der Waals surface area contributed by atoms with Crippen molar-refractivity contribution in [3.05, 3.63) is 45.9 Å². The zero-order chi connectivity index (χ0) is 29.8. The molecule has 0 spiro atoms. The molecule has 2 unspecified atom stereocenters. The van der Waals surface area contributed by atoms with E-state index in [0.29, 0.717) is 37.6 Å². The van der Waals surface area contributed by atoms with Crippen LogP contribution < -0.4 is 5.32 Å². The van der Waals surface area contributed by atoms with Crippen LogP contribution in [0.1, 0.15) is 59.4 Å². The third-order valence-electron chi connectivity index (χ3n) is 5.92. The fourth-order valence-electron chi connectivity index (χ4n) is 4.11. The van der Waals surface area contributed by atoms with Crippen LogP contribution in [0.5, 0.6) is 0 Å². The fraction of sp³-hybridized carbons (Fsp3) is 0.621. The maximum Gasteiger partial charge on any atom is 0.408 e. The average molecular weight is 631 g/mol. The van der Waals surface area contributed by atoms with Gasteiger partial charge in [0.25, 0.3) is 0 Å². The van der Waals surface area contributed by atoms with Crippen LogP contribution in [0.4, 0.5) is 4.79 Å². The standard InChI is InChI=1S/C25H37BrClN3O4.C4H8O/c1-16(2)13-20(28-24(33)34-25(3,4)5)22(31)29(6)21(23(32)30-11-7-8-12-30)15-17-14-18(27)9-10-19(17)26;1-3-4-5-2/h9-10,14,16,20-21H,7-8,11-13,15H2,1-6H3,(H,28,33);3H,1,4H2,2H3. The van der Waals surface area contributed by atoms with Crippen LogP contribution in [-0.2, 0) is 25.5 Å². The summed E-state index contributed by atoms with van der Waals surface area (Å²) in [5.74, 6) is -0.275. The van der Waals surface area contributed by atoms with Crippen LogP contribution in [0.25, 0.3) is 0 Å². The Hall–Kier alpha value is -2.10. The second kappa shape index (κ2) is 16.9. The predicted octanol–water partition coefficient (Wildman–Crippen LogP) is 5.85. The van der Waals surface area contributed by atoms with E-state index in [1.807, 2.05) is 24.8 Å². The van der Waals surface area contributed by atoms with Gasteiger partial charge in [-0.15, -0.1) is 6.58 Å². The first kappa shape index (κ1) is 34.9. The number of carbonyl (C=O) groups excluding carboxylic acids is 3. The SMILES string of the molecule is C=CCOC.CC(C)CC(NC(=O)OC(C)(C)C)C(=O)N(C)C(Cc1cc(Cl)ccc1Br)C(=O)N1CCCC1. The van der Waals surface area contributed by atoms with Gasteiger partial charge in [0, 0.05) is 43.2 Å². The topological polar surface area (TPSA) is 88.2 Å². The molecular formula is C29H45BrClN3O5. The van der Waals surface area contributed by atoms with E-state index >= 15 is 0 Å². The van der Waals surface area contributed by atoms with Crippen molar-refractivity contribution >= 4 is 45.4 Å². The highest BCUT2D eigenvalue weighted by Crippen LogP contribution is 2.25. The number of amides is 3. The first-order chi connectivity index (χ1) is 18.2. The maximum atomic E-state index is 13.6. The molecule has 0 aliphatic carbocycles. The summed E-state index contributed by atoms with van der Waals surface area (Å²) in [6.07, 6.45) is 3.69. The molecule has 1 aliphatic rings. The Morgan fingerprint density at radius 2 is 1.85 bits per heavy atom. The first-order valence-electron chi connectivity index (χ1n) is 13.3. The molecule has 10 heteroatoms. The summed E-state index contributed by atoms with van der Waals surface area (Å²) in [6, 6.07) is 3.87. The second-order valence-corrected chi connectivity index (χ2v) is 12.3. The van der Waals surface area contributed by atoms with E-state index in [-0.39, 0.29) is 17.7 Å². The number of likely N-dealkylation sites (tertiary alicyclic amines) is 1. The summed E-state index contributed by atoms with van der Waals surface area (Å²) >= 11 is 9.75. The van der Waals surface area contributed by atoms with Crippen molar-refractivity contribution < 1.29 is 23.9 Å². The van der Waals surface area contributed by atoms with Gasteiger partial charge in [0.2, 0.25) is 11.8 Å². The van der Waals surface area contributed by atoms with Crippen molar-refractivity contribution in [1.29, 1.82) is 0 Å². The van der Waals surface area contributed by atoms with Gasteiger partial charge in [0.15, 0.2) is 0 Å². The van der Waals surface area contributed by atoms with E-state index in [0.717, 1.165) is 22.9 Å². The molecule has 3 amide bonds. The number of alkyl carbamates (subject to hydrolysis) is 1. The van der Waals surface area contributed by atoms with Crippen LogP contribution in [0.2, 0.25) is 5.02 Å². The number of likely N-dealkylation sites (N-methyl/N-ethyl adjacent to an activating group) is 1. The van der Waals surface area contributed by atoms with Gasteiger partial charge in [0.05, 0.1) is 6.61 Å². The number of ether oxygens (including phenoxy) is 2. The minimum atomic E-state index is -0.809. The minimum Gasteiger partial charge on any atom is -0.444 e. The van der Waals surface area contributed by atoms with E-state index in [9.17, 15) is 14.4 Å². The highest BCUT2D eigenvalue weighted by molar-refractivity contribution is 9.10. The molecule has 0 saturated carbocycles. The third kappa shape index (κ3) is 12.7. The fourth-order valence-corrected chi connectivity index (χ4v) is 4.71. The van der Waals surface area contributed by atoms with Crippen molar-refractivity contribution in [2.45, 2.75) is 78.0 Å². The summed E-state index contributed by atoms with van der Waals surface area (Å²) < 4.78 is 10.8. The van der Waals surface area contributed by atoms with E-state index in [1.165, 1.54) is 4.90 Å². The highest BCUT2D eigenvalue weighted by atomic mass is 79.9. The summed E-state index contributed by atoms with van der Waals surface area (Å²) in [6.45, 7) is 14.7. The van der Waals surface area contributed by atoms with E-state index in [2.05, 4.69) is 32.6 Å². The molecule has 220 valence electrons. The highest BCUT2D eigenvalue weighted by Gasteiger charge is 2.36. The largest absolute Gasteiger partial charge is 0.444 e. The van der Waals surface area contributed by atoms with Crippen LogP contribution >= 0.6 is 27.5 Å². The zero-order valence-electron chi connectivity index (χ0n) is 24.4. The molecular weight excluding hydrogens is 586 g/mol. The molecule has 1 aromatic carbocycles. The zero-order valence-corrected chi connectivity index (χ0v) is 26.7. The van der Waals surface area contributed by atoms with Crippen LogP contribution in [0, 0.1) is 5.92 Å². The van der Waals surface area contributed by atoms with Gasteiger partial charge in [-0.05, 0) is 69.7 Å². The Labute approximate surface area is 247 Å². The Morgan fingerprint density at radius 3 is 2.33 bits per heavy atom. The van der Waals surface area contributed by atoms with Gasteiger partial charge in [-0.1, -0.05) is 47.5 Å². The number of rotatable bonds is 10. The van der Waals surface area contributed by atoms with Crippen molar-refractivity contribution in [3.8, 4) is 0 Å². The van der Waals surface area contributed by atoms with E-state index in [1.54, 1.807) is 53.1 Å². The minimum absolute atomic E-state index is 0.0965. The Bertz CT molecular complexity index is 961. The quantitative estimate of drug-likeness (QED) is 0.328. The average Bonchev–Trinajstić information content (AvgIpc) is 3.37. The number of hydrogen-bond acceptors (Lipinski definition) is 5. The molecule has 0 radical (unpaired) electrons. The molecule has 39 heavy (non-hydrogen) atoms. The van der Waals surface area contributed by atoms with Gasteiger partial charge in [-0.2, -0.15) is 0 Å². The molecule has 1 N–H and O–H groups in total. The number of nitrogens with zero attached hydrogens (tertiary/aromatic N) is 2. The Kier molecular flexibility index (Phi) is 15.1. The lowest BCUT2D eigenvalue weighted by atomic mass is 9.99. The summed E-state index contributed by atoms with van der Waals surface area (Å²) in [5, 5.41) is 3.28. The predicted molar refractivity (Wildman–Crippen MR) is 160 cm³/mol. The first-order valence-corrected chi connectivity index (χ1v) is 14.5. The van der Waals surface area contributed by atoms with Gasteiger partial charge < -0.3 is 24.6 Å². The monoisotopic (exact) mass is 629 g/mol. The number of halogens is 2. The van der Waals surface area contributed by atoms with Gasteiger partial charge in [0.1, 0.15) is 17.7 Å². The maximum absolute atomic E-state index is 13.6. The van der Waals surface area contributed by atoms with Crippen LogP contribution in [0.3, 0.4) is 0 Å². The number of benzene rings is 1. The lowest BCUT2D eigenvalue weighted by Crippen LogP contribution is -2.56. The summed E-state index contributed by atoms with van der Waals surface area (Å²) in [4.78, 5) is 42.9. The molecule has 1 aliphatic heterocycles. The van der Waals surface area contributed by atoms with Gasteiger partial charge in [-0.3, -0.25) is 9.59 Å². The molecule has 2 atom stereocenters. The molecule has 2 rings (SSSR count). The van der Waals surface area contributed by atoms with E-state index < -0.39 is 23.8 Å². The smallest absolute Gasteiger partial charge is 0.408 e. The lowest BCUT2D eigenvalue weighted by molar-refractivity contribution is -0.145. The number of nitrogens with one attached hydrogen (secondary N) is 1. The number of hydrogen-bond donors (Lipinski definition) is 1. The molecule has 0 aromatic heterocycles. The van der Waals surface area contributed by atoms with Crippen LogP contribution in [-0.4, -0.2) is 79.2 Å². The normalized spacial score (nSPS) is 14.7. The lowest BCUT2D eigenvalue weighted by Gasteiger charge is -2.34. The molecule has 8 nitrogen and oxygen atoms in total. The molecule has 0 bridgehead atoms. The number of carbonyl (C=O) groups is 3. The van der Waals surface area contributed by atoms with Crippen LogP contribution in [0.15, 0.2) is 35.3 Å². The Balaban J connectivity index is 0.00000139. The van der Waals surface area contributed by atoms with Crippen molar-refractivity contribution in [3.63, 3.8) is 0 Å². The molecule has 1 fully saturated rings. The molecule has 1 saturated heterocycles. The van der Waals surface area contributed by atoms with Crippen molar-refractivity contribution in [2.24, 2.45) is 5.92 Å².